The Hall–Kier alpha value is -3.40. The lowest BCUT2D eigenvalue weighted by Gasteiger charge is -2.39. The first-order valence-electron chi connectivity index (χ1n) is 16.2. The first kappa shape index (κ1) is 32.5. The van der Waals surface area contributed by atoms with Gasteiger partial charge in [-0.15, -0.1) is 0 Å². The van der Waals surface area contributed by atoms with Crippen molar-refractivity contribution in [2.75, 3.05) is 6.54 Å². The molecule has 2 saturated heterocycles. The molecule has 5 N–H and O–H groups in total. The number of nitrogens with one attached hydrogen (secondary N) is 4. The van der Waals surface area contributed by atoms with Gasteiger partial charge in [0.15, 0.2) is 0 Å². The number of aliphatic hydroxyl groups is 1. The Morgan fingerprint density at radius 1 is 0.907 bits per heavy atom. The van der Waals surface area contributed by atoms with Gasteiger partial charge in [0, 0.05) is 30.1 Å². The zero-order valence-corrected chi connectivity index (χ0v) is 25.9. The average molecular weight is 596 g/mol. The highest BCUT2D eigenvalue weighted by atomic mass is 16.3. The van der Waals surface area contributed by atoms with E-state index in [1.807, 2.05) is 51.2 Å². The molecule has 10 nitrogen and oxygen atoms in total. The molecule has 6 atom stereocenters. The number of piperidine rings is 1. The SMILES string of the molecule is CCC(O)CCCCC[C@@H]1NC(=O)[C@H]2CCCCN2C(=O)[C@H](C(C)CC)NC(=O)[C@H](Cc2c[nH]c3ccccc23)NC1=O. The molecule has 236 valence electrons. The van der Waals surface area contributed by atoms with Crippen LogP contribution >= 0.6 is 0 Å². The number of H-pyrrole nitrogens is 1. The predicted octanol–water partition coefficient (Wildman–Crippen LogP) is 3.33. The van der Waals surface area contributed by atoms with Gasteiger partial charge in [0.2, 0.25) is 23.6 Å². The maximum absolute atomic E-state index is 14.0. The summed E-state index contributed by atoms with van der Waals surface area (Å²) < 4.78 is 0. The van der Waals surface area contributed by atoms with E-state index in [4.69, 9.17) is 0 Å². The van der Waals surface area contributed by atoms with Crippen LogP contribution in [0.5, 0.6) is 0 Å². The van der Waals surface area contributed by atoms with Gasteiger partial charge >= 0.3 is 0 Å². The topological polar surface area (TPSA) is 144 Å². The Kier molecular flexibility index (Phi) is 11.6. The number of nitrogens with zero attached hydrogens (tertiary/aromatic N) is 1. The summed E-state index contributed by atoms with van der Waals surface area (Å²) in [6.45, 7) is 6.29. The normalized spacial score (nSPS) is 25.2. The van der Waals surface area contributed by atoms with E-state index in [0.717, 1.165) is 42.1 Å². The van der Waals surface area contributed by atoms with Crippen molar-refractivity contribution >= 4 is 34.5 Å². The Labute approximate surface area is 254 Å². The van der Waals surface area contributed by atoms with Crippen LogP contribution in [-0.2, 0) is 25.6 Å². The van der Waals surface area contributed by atoms with Crippen molar-refractivity contribution in [1.29, 1.82) is 0 Å². The number of unbranched alkanes of at least 4 members (excludes halogenated alkanes) is 2. The third kappa shape index (κ3) is 8.16. The highest BCUT2D eigenvalue weighted by Crippen LogP contribution is 2.23. The lowest BCUT2D eigenvalue weighted by atomic mass is 9.93. The van der Waals surface area contributed by atoms with Gasteiger partial charge in [0.25, 0.3) is 0 Å². The number of aliphatic hydroxyl groups excluding tert-OH is 1. The number of carbonyl (C=O) groups excluding carboxylic acids is 4. The number of para-hydroxylation sites is 1. The molecule has 0 aliphatic carbocycles. The molecule has 2 fully saturated rings. The van der Waals surface area contributed by atoms with E-state index in [2.05, 4.69) is 20.9 Å². The zero-order valence-electron chi connectivity index (χ0n) is 25.9. The number of aromatic amines is 1. The third-order valence-corrected chi connectivity index (χ3v) is 9.23. The summed E-state index contributed by atoms with van der Waals surface area (Å²) in [6, 6.07) is 4.51. The van der Waals surface area contributed by atoms with Gasteiger partial charge in [-0.2, -0.15) is 0 Å². The highest BCUT2D eigenvalue weighted by molar-refractivity contribution is 5.98. The van der Waals surface area contributed by atoms with Crippen molar-refractivity contribution in [2.45, 2.75) is 122 Å². The number of benzene rings is 1. The minimum atomic E-state index is -0.943. The van der Waals surface area contributed by atoms with Crippen LogP contribution in [-0.4, -0.2) is 75.4 Å². The standard InChI is InChI=1S/C33H49N5O5/c1-4-21(3)29-33(43)38-18-12-11-17-28(38)32(42)35-26(16-8-6-7-13-23(39)5-2)30(40)36-27(31(41)37-29)19-22-20-34-25-15-10-9-14-24(22)25/h9-10,14-15,20-21,23,26-29,34,39H,4-8,11-13,16-19H2,1-3H3,(H,35,42)(H,36,40)(H,37,41)/t21?,23?,26-,27-,28+,29-/m0/s1. The van der Waals surface area contributed by atoms with Crippen LogP contribution in [0.2, 0.25) is 0 Å². The Morgan fingerprint density at radius 3 is 2.42 bits per heavy atom. The van der Waals surface area contributed by atoms with Crippen molar-refractivity contribution < 1.29 is 24.3 Å². The molecular weight excluding hydrogens is 546 g/mol. The molecule has 0 radical (unpaired) electrons. The van der Waals surface area contributed by atoms with Crippen molar-refractivity contribution in [3.05, 3.63) is 36.0 Å². The summed E-state index contributed by atoms with van der Waals surface area (Å²) in [6.07, 6.45) is 8.63. The summed E-state index contributed by atoms with van der Waals surface area (Å²) in [4.78, 5) is 60.2. The van der Waals surface area contributed by atoms with Crippen molar-refractivity contribution in [3.63, 3.8) is 0 Å². The van der Waals surface area contributed by atoms with Gasteiger partial charge in [-0.05, 0) is 56.1 Å². The first-order valence-corrected chi connectivity index (χ1v) is 16.2. The average Bonchev–Trinajstić information content (AvgIpc) is 3.43. The largest absolute Gasteiger partial charge is 0.393 e. The Balaban J connectivity index is 1.63. The number of fused-ring (bicyclic) bond motifs is 2. The Bertz CT molecular complexity index is 1260. The molecule has 0 bridgehead atoms. The van der Waals surface area contributed by atoms with Crippen molar-refractivity contribution in [2.24, 2.45) is 5.92 Å². The number of aromatic nitrogens is 1. The molecule has 2 aliphatic rings. The summed E-state index contributed by atoms with van der Waals surface area (Å²) in [5, 5.41) is 19.8. The molecule has 4 amide bonds. The van der Waals surface area contributed by atoms with E-state index < -0.39 is 36.0 Å². The minimum Gasteiger partial charge on any atom is -0.393 e. The Morgan fingerprint density at radius 2 is 1.65 bits per heavy atom. The van der Waals surface area contributed by atoms with Gasteiger partial charge in [-0.25, -0.2) is 0 Å². The molecule has 0 saturated carbocycles. The maximum Gasteiger partial charge on any atom is 0.246 e. The molecule has 1 aromatic heterocycles. The summed E-state index contributed by atoms with van der Waals surface area (Å²) >= 11 is 0. The lowest BCUT2D eigenvalue weighted by molar-refractivity contribution is -0.147. The molecule has 43 heavy (non-hydrogen) atoms. The van der Waals surface area contributed by atoms with E-state index in [1.165, 1.54) is 0 Å². The quantitative estimate of drug-likeness (QED) is 0.253. The van der Waals surface area contributed by atoms with Crippen LogP contribution in [0.1, 0.15) is 90.5 Å². The second kappa shape index (κ2) is 15.4. The fourth-order valence-corrected chi connectivity index (χ4v) is 6.23. The van der Waals surface area contributed by atoms with E-state index >= 15 is 0 Å². The molecule has 2 aliphatic heterocycles. The molecule has 2 aromatic rings. The summed E-state index contributed by atoms with van der Waals surface area (Å²) in [5.74, 6) is -1.54. The number of carbonyl (C=O) groups is 4. The number of hydrogen-bond acceptors (Lipinski definition) is 5. The first-order chi connectivity index (χ1) is 20.7. The number of amides is 4. The van der Waals surface area contributed by atoms with Crippen molar-refractivity contribution in [1.82, 2.24) is 25.8 Å². The molecular formula is C33H49N5O5. The van der Waals surface area contributed by atoms with Crippen LogP contribution in [0.15, 0.2) is 30.5 Å². The molecule has 2 unspecified atom stereocenters. The second-order valence-corrected chi connectivity index (χ2v) is 12.3. The van der Waals surface area contributed by atoms with Crippen LogP contribution in [0.3, 0.4) is 0 Å². The zero-order chi connectivity index (χ0) is 30.9. The predicted molar refractivity (Wildman–Crippen MR) is 166 cm³/mol. The fraction of sp³-hybridized carbons (Fsp3) is 0.636. The monoisotopic (exact) mass is 595 g/mol. The third-order valence-electron chi connectivity index (χ3n) is 9.23. The smallest absolute Gasteiger partial charge is 0.246 e. The van der Waals surface area contributed by atoms with Crippen LogP contribution in [0.25, 0.3) is 10.9 Å². The van der Waals surface area contributed by atoms with Gasteiger partial charge in [-0.3, -0.25) is 19.2 Å². The summed E-state index contributed by atoms with van der Waals surface area (Å²) in [7, 11) is 0. The minimum absolute atomic E-state index is 0.159. The van der Waals surface area contributed by atoms with Crippen LogP contribution in [0.4, 0.5) is 0 Å². The molecule has 0 spiro atoms. The lowest BCUT2D eigenvalue weighted by Crippen LogP contribution is -2.64. The molecule has 10 heteroatoms. The number of hydrogen-bond donors (Lipinski definition) is 5. The van der Waals surface area contributed by atoms with Gasteiger partial charge in [-0.1, -0.05) is 64.7 Å². The van der Waals surface area contributed by atoms with Crippen LogP contribution < -0.4 is 16.0 Å². The van der Waals surface area contributed by atoms with Gasteiger partial charge < -0.3 is 30.9 Å². The summed E-state index contributed by atoms with van der Waals surface area (Å²) in [5.41, 5.74) is 1.81. The van der Waals surface area contributed by atoms with E-state index in [1.54, 1.807) is 4.90 Å². The van der Waals surface area contributed by atoms with E-state index in [0.29, 0.717) is 45.1 Å². The van der Waals surface area contributed by atoms with Crippen LogP contribution in [0, 0.1) is 5.92 Å². The highest BCUT2D eigenvalue weighted by Gasteiger charge is 2.40. The second-order valence-electron chi connectivity index (χ2n) is 12.3. The maximum atomic E-state index is 14.0. The molecule has 4 rings (SSSR count). The van der Waals surface area contributed by atoms with E-state index in [9.17, 15) is 24.3 Å². The van der Waals surface area contributed by atoms with Crippen molar-refractivity contribution in [3.8, 4) is 0 Å². The molecule has 1 aromatic carbocycles. The van der Waals surface area contributed by atoms with Gasteiger partial charge in [0.05, 0.1) is 6.10 Å². The van der Waals surface area contributed by atoms with E-state index in [-0.39, 0.29) is 30.3 Å². The fourth-order valence-electron chi connectivity index (χ4n) is 6.23. The molecule has 3 heterocycles. The van der Waals surface area contributed by atoms with Gasteiger partial charge in [0.1, 0.15) is 24.2 Å². The number of rotatable bonds is 11.